The largest absolute Gasteiger partial charge is 1.00 e. The van der Waals surface area contributed by atoms with Crippen molar-refractivity contribution in [3.63, 3.8) is 0 Å². The second-order valence-electron chi connectivity index (χ2n) is 1.05. The average molecular weight is 113 g/mol. The van der Waals surface area contributed by atoms with E-state index in [9.17, 15) is 0 Å². The van der Waals surface area contributed by atoms with Gasteiger partial charge in [0.1, 0.15) is 0 Å². The molecule has 0 aromatic carbocycles. The first-order valence-corrected chi connectivity index (χ1v) is 2.94. The van der Waals surface area contributed by atoms with E-state index < -0.39 is 0 Å². The molecule has 0 unspecified atom stereocenters. The Morgan fingerprint density at radius 3 is 2.67 bits per heavy atom. The Kier molecular flexibility index (Phi) is 5.44. The van der Waals surface area contributed by atoms with E-state index >= 15 is 0 Å². The van der Waals surface area contributed by atoms with Gasteiger partial charge in [-0.05, 0) is 0 Å². The van der Waals surface area contributed by atoms with Gasteiger partial charge in [0.15, 0.2) is 0 Å². The second-order valence-corrected chi connectivity index (χ2v) is 2.16. The number of thioether (sulfide) groups is 1. The van der Waals surface area contributed by atoms with Crippen LogP contribution in [0.3, 0.4) is 0 Å². The quantitative estimate of drug-likeness (QED) is 0.346. The van der Waals surface area contributed by atoms with Gasteiger partial charge in [0.2, 0.25) is 0 Å². The summed E-state index contributed by atoms with van der Waals surface area (Å²) in [7, 11) is 0. The molecule has 0 aromatic rings. The fraction of sp³-hybridized carbons (Fsp3) is 1.00. The molecule has 6 heavy (non-hydrogen) atoms. The van der Waals surface area contributed by atoms with Crippen molar-refractivity contribution in [1.29, 1.82) is 0 Å². The van der Waals surface area contributed by atoms with E-state index in [4.69, 9.17) is 0 Å². The molecule has 0 bridgehead atoms. The average Bonchev–Trinajstić information content (AvgIpc) is 1.76. The molecule has 1 saturated heterocycles. The topological polar surface area (TPSA) is 12.0 Å². The van der Waals surface area contributed by atoms with E-state index in [0.29, 0.717) is 0 Å². The van der Waals surface area contributed by atoms with Crippen molar-refractivity contribution in [1.82, 2.24) is 5.32 Å². The first kappa shape index (κ1) is 7.31. The predicted octanol–water partition coefficient (Wildman–Crippen LogP) is -2.60. The molecule has 0 atom stereocenters. The Morgan fingerprint density at radius 2 is 2.50 bits per heavy atom. The molecule has 3 heteroatoms. The van der Waals surface area contributed by atoms with E-state index in [2.05, 4.69) is 5.32 Å². The summed E-state index contributed by atoms with van der Waals surface area (Å²) in [6.45, 7) is 1.21. The molecule has 0 radical (unpaired) electrons. The van der Waals surface area contributed by atoms with Gasteiger partial charge >= 0.3 is 29.6 Å². The monoisotopic (exact) mass is 113 g/mol. The van der Waals surface area contributed by atoms with E-state index in [0.717, 1.165) is 0 Å². The molecule has 0 amide bonds. The van der Waals surface area contributed by atoms with Crippen molar-refractivity contribution in [2.24, 2.45) is 0 Å². The minimum atomic E-state index is 0. The number of nitrogens with one attached hydrogen (secondary N) is 1. The summed E-state index contributed by atoms with van der Waals surface area (Å²) >= 11 is 1.96. The van der Waals surface area contributed by atoms with Crippen LogP contribution in [-0.2, 0) is 0 Å². The summed E-state index contributed by atoms with van der Waals surface area (Å²) in [6.07, 6.45) is 0. The van der Waals surface area contributed by atoms with Gasteiger partial charge in [0.05, 0.1) is 0 Å². The van der Waals surface area contributed by atoms with Crippen molar-refractivity contribution in [2.45, 2.75) is 0 Å². The Morgan fingerprint density at radius 1 is 1.67 bits per heavy atom. The molecule has 1 fully saturated rings. The molecule has 1 nitrogen and oxygen atoms in total. The molecule has 1 rings (SSSR count). The zero-order valence-corrected chi connectivity index (χ0v) is 6.85. The van der Waals surface area contributed by atoms with E-state index in [1.54, 1.807) is 0 Å². The molecule has 0 spiro atoms. The summed E-state index contributed by atoms with van der Waals surface area (Å²) in [5.41, 5.74) is 0. The minimum absolute atomic E-state index is 0. The van der Waals surface area contributed by atoms with Gasteiger partial charge in [-0.1, -0.05) is 0 Å². The Hall–Kier alpha value is 1.31. The number of rotatable bonds is 0. The minimum Gasteiger partial charge on any atom is -1.00 e. The first-order chi connectivity index (χ1) is 2.50. The molecule has 0 aromatic heterocycles. The van der Waals surface area contributed by atoms with Gasteiger partial charge < -0.3 is 6.74 Å². The number of hydrogen-bond acceptors (Lipinski definition) is 2. The predicted molar refractivity (Wildman–Crippen MR) is 26.4 cm³/mol. The van der Waals surface area contributed by atoms with Crippen LogP contribution >= 0.6 is 11.8 Å². The summed E-state index contributed by atoms with van der Waals surface area (Å²) in [5.74, 6) is 2.47. The Balaban J connectivity index is 0. The van der Waals surface area contributed by atoms with Gasteiger partial charge in [-0.25, -0.2) is 0 Å². The summed E-state index contributed by atoms with van der Waals surface area (Å²) in [6, 6.07) is 0. The van der Waals surface area contributed by atoms with Crippen LogP contribution in [0.25, 0.3) is 0 Å². The van der Waals surface area contributed by atoms with Crippen molar-refractivity contribution < 1.29 is 31.0 Å². The molecule has 1 aliphatic rings. The van der Waals surface area contributed by atoms with Gasteiger partial charge in [-0.2, -0.15) is 0 Å². The van der Waals surface area contributed by atoms with Crippen molar-refractivity contribution in [2.75, 3.05) is 18.2 Å². The Labute approximate surface area is 66.0 Å². The maximum atomic E-state index is 3.19. The van der Waals surface area contributed by atoms with Crippen molar-refractivity contribution in [3.05, 3.63) is 0 Å². The summed E-state index contributed by atoms with van der Waals surface area (Å²) in [4.78, 5) is 0. The third kappa shape index (κ3) is 2.48. The van der Waals surface area contributed by atoms with Crippen LogP contribution in [0.5, 0.6) is 0 Å². The van der Waals surface area contributed by atoms with Crippen LogP contribution in [-0.4, -0.2) is 18.2 Å². The molecule has 1 aliphatic heterocycles. The SMILES string of the molecule is C1CSCN1.[H-].[Na+]. The van der Waals surface area contributed by atoms with Crippen molar-refractivity contribution >= 4 is 11.8 Å². The molecule has 1 N–H and O–H groups in total. The fourth-order valence-corrected chi connectivity index (χ4v) is 1.08. The van der Waals surface area contributed by atoms with E-state index in [1.165, 1.54) is 18.2 Å². The smallest absolute Gasteiger partial charge is 1.00 e. The summed E-state index contributed by atoms with van der Waals surface area (Å²) in [5, 5.41) is 3.19. The van der Waals surface area contributed by atoms with Gasteiger partial charge in [0.25, 0.3) is 0 Å². The number of hydrogen-bond donors (Lipinski definition) is 1. The van der Waals surface area contributed by atoms with E-state index in [-0.39, 0.29) is 31.0 Å². The summed E-state index contributed by atoms with van der Waals surface area (Å²) < 4.78 is 0. The maximum absolute atomic E-state index is 3.19. The third-order valence-electron chi connectivity index (χ3n) is 0.627. The fourth-order valence-electron chi connectivity index (χ4n) is 0.361. The first-order valence-electron chi connectivity index (χ1n) is 1.78. The molecular formula is C3H8NNaS. The zero-order chi connectivity index (χ0) is 3.54. The second kappa shape index (κ2) is 4.47. The maximum Gasteiger partial charge on any atom is 1.00 e. The van der Waals surface area contributed by atoms with Crippen LogP contribution in [0.1, 0.15) is 1.43 Å². The molecule has 1 heterocycles. The van der Waals surface area contributed by atoms with Gasteiger partial charge in [-0.15, -0.1) is 11.8 Å². The van der Waals surface area contributed by atoms with Gasteiger partial charge in [0, 0.05) is 18.2 Å². The van der Waals surface area contributed by atoms with Crippen LogP contribution in [0.2, 0.25) is 0 Å². The van der Waals surface area contributed by atoms with Crippen LogP contribution in [0.15, 0.2) is 0 Å². The zero-order valence-electron chi connectivity index (χ0n) is 5.03. The standard InChI is InChI=1S/C3H7NS.Na.H/c1-2-5-3-4-1;;/h4H,1-3H2;;/q;+1;-1. The van der Waals surface area contributed by atoms with Crippen molar-refractivity contribution in [3.8, 4) is 0 Å². The Bertz CT molecular complexity index is 26.5. The molecule has 0 aliphatic carbocycles. The molecule has 32 valence electrons. The van der Waals surface area contributed by atoms with E-state index in [1.807, 2.05) is 11.8 Å². The van der Waals surface area contributed by atoms with Crippen LogP contribution in [0.4, 0.5) is 0 Å². The van der Waals surface area contributed by atoms with Crippen LogP contribution < -0.4 is 34.9 Å². The van der Waals surface area contributed by atoms with Crippen LogP contribution in [0, 0.1) is 0 Å². The molecular weight excluding hydrogens is 105 g/mol. The van der Waals surface area contributed by atoms with Gasteiger partial charge in [-0.3, -0.25) is 0 Å². The molecule has 0 saturated carbocycles. The third-order valence-corrected chi connectivity index (χ3v) is 1.53. The normalized spacial score (nSPS) is 20.0.